The molecule has 3 atom stereocenters. The topological polar surface area (TPSA) is 102 Å². The van der Waals surface area contributed by atoms with E-state index in [1.165, 1.54) is 16.5 Å². The molecule has 2 heterocycles. The third-order valence-corrected chi connectivity index (χ3v) is 10.5. The van der Waals surface area contributed by atoms with E-state index in [2.05, 4.69) is 21.8 Å². The van der Waals surface area contributed by atoms with Crippen LogP contribution in [0.25, 0.3) is 11.0 Å². The lowest BCUT2D eigenvalue weighted by molar-refractivity contribution is 0.258. The van der Waals surface area contributed by atoms with Gasteiger partial charge in [0.2, 0.25) is 0 Å². The molecule has 0 radical (unpaired) electrons. The van der Waals surface area contributed by atoms with Crippen LogP contribution in [0.1, 0.15) is 38.7 Å². The zero-order valence-corrected chi connectivity index (χ0v) is 21.7. The van der Waals surface area contributed by atoms with Crippen LogP contribution in [-0.2, 0) is 19.9 Å². The van der Waals surface area contributed by atoms with Crippen molar-refractivity contribution in [3.05, 3.63) is 48.4 Å². The molecule has 0 amide bonds. The Balaban J connectivity index is 1.61. The van der Waals surface area contributed by atoms with Crippen LogP contribution < -0.4 is 4.90 Å². The van der Waals surface area contributed by atoms with Gasteiger partial charge in [0, 0.05) is 25.0 Å². The zero-order valence-electron chi connectivity index (χ0n) is 20.0. The minimum absolute atomic E-state index is 0.177. The smallest absolute Gasteiger partial charge is 0.269 e. The van der Waals surface area contributed by atoms with E-state index in [1.807, 2.05) is 14.0 Å². The van der Waals surface area contributed by atoms with E-state index in [0.717, 1.165) is 24.8 Å². The summed E-state index contributed by atoms with van der Waals surface area (Å²) in [7, 11) is -4.81. The molecule has 8 nitrogen and oxygen atoms in total. The second-order valence-corrected chi connectivity index (χ2v) is 13.6. The van der Waals surface area contributed by atoms with Crippen molar-refractivity contribution >= 4 is 36.7 Å². The molecule has 1 aliphatic rings. The van der Waals surface area contributed by atoms with Crippen molar-refractivity contribution in [3.63, 3.8) is 0 Å². The van der Waals surface area contributed by atoms with Crippen molar-refractivity contribution in [1.29, 1.82) is 0 Å². The van der Waals surface area contributed by atoms with E-state index in [-0.39, 0.29) is 34.3 Å². The molecule has 1 aliphatic carbocycles. The minimum Gasteiger partial charge on any atom is -0.356 e. The molecule has 0 aliphatic heterocycles. The lowest BCUT2D eigenvalue weighted by atomic mass is 9.79. The van der Waals surface area contributed by atoms with Gasteiger partial charge in [-0.3, -0.25) is 0 Å². The van der Waals surface area contributed by atoms with Crippen LogP contribution in [0, 0.1) is 18.8 Å². The summed E-state index contributed by atoms with van der Waals surface area (Å²) >= 11 is 0. The largest absolute Gasteiger partial charge is 0.356 e. The van der Waals surface area contributed by atoms with E-state index >= 15 is 0 Å². The van der Waals surface area contributed by atoms with Gasteiger partial charge in [0.05, 0.1) is 16.0 Å². The number of aryl methyl sites for hydroxylation is 1. The number of rotatable bonds is 7. The van der Waals surface area contributed by atoms with Crippen molar-refractivity contribution < 1.29 is 16.8 Å². The second-order valence-electron chi connectivity index (χ2n) is 9.40. The first-order valence-corrected chi connectivity index (χ1v) is 14.9. The number of aromatic nitrogens is 3. The lowest BCUT2D eigenvalue weighted by Gasteiger charge is -2.40. The van der Waals surface area contributed by atoms with Crippen LogP contribution in [0.15, 0.2) is 47.8 Å². The highest BCUT2D eigenvalue weighted by molar-refractivity contribution is 7.91. The Hall–Kier alpha value is -2.46. The van der Waals surface area contributed by atoms with Gasteiger partial charge in [-0.25, -0.2) is 30.8 Å². The Morgan fingerprint density at radius 3 is 2.41 bits per heavy atom. The number of sulfone groups is 1. The molecule has 184 valence electrons. The van der Waals surface area contributed by atoms with E-state index in [1.54, 1.807) is 37.3 Å². The Morgan fingerprint density at radius 2 is 1.76 bits per heavy atom. The Kier molecular flexibility index (Phi) is 6.74. The number of hydrogen-bond acceptors (Lipinski definition) is 7. The quantitative estimate of drug-likeness (QED) is 0.484. The van der Waals surface area contributed by atoms with Gasteiger partial charge >= 0.3 is 0 Å². The number of fused-ring (bicyclic) bond motifs is 1. The molecule has 1 aromatic carbocycles. The molecule has 4 rings (SSSR count). The van der Waals surface area contributed by atoms with Crippen molar-refractivity contribution in [3.8, 4) is 0 Å². The zero-order chi connectivity index (χ0) is 24.7. The third kappa shape index (κ3) is 4.70. The Bertz CT molecular complexity index is 1380. The predicted molar refractivity (Wildman–Crippen MR) is 134 cm³/mol. The molecule has 0 bridgehead atoms. The summed E-state index contributed by atoms with van der Waals surface area (Å²) in [4.78, 5) is 11.1. The fourth-order valence-electron chi connectivity index (χ4n) is 5.07. The average Bonchev–Trinajstić information content (AvgIpc) is 3.24. The summed E-state index contributed by atoms with van der Waals surface area (Å²) in [6.07, 6.45) is 5.47. The highest BCUT2D eigenvalue weighted by Crippen LogP contribution is 2.36. The lowest BCUT2D eigenvalue weighted by Crippen LogP contribution is -2.42. The Labute approximate surface area is 202 Å². The minimum atomic E-state index is -3.79. The summed E-state index contributed by atoms with van der Waals surface area (Å²) in [5.41, 5.74) is 1.33. The molecule has 2 aromatic heterocycles. The molecule has 1 saturated carbocycles. The SMILES string of the molecule is CCS(=O)(=O)C[C@@H]1CC[C@@H](N(C)c2ncnc3c2ccn3S(=O)(=O)c2ccc(C)cc2)[C@@H](C)C1. The molecule has 1 fully saturated rings. The van der Waals surface area contributed by atoms with Crippen LogP contribution in [-0.4, -0.2) is 55.4 Å². The van der Waals surface area contributed by atoms with Gasteiger partial charge in [-0.1, -0.05) is 31.5 Å². The summed E-state index contributed by atoms with van der Waals surface area (Å²) in [6, 6.07) is 8.67. The van der Waals surface area contributed by atoms with Crippen LogP contribution in [0.5, 0.6) is 0 Å². The molecule has 0 saturated heterocycles. The van der Waals surface area contributed by atoms with Crippen molar-refractivity contribution in [2.75, 3.05) is 23.5 Å². The standard InChI is InChI=1S/C24H32N4O4S2/c1-5-33(29,30)15-19-8-11-22(18(3)14-19)27(4)23-21-12-13-28(24(21)26-16-25-23)34(31,32)20-9-6-17(2)7-10-20/h6-7,9-10,12-13,16,18-19,22H,5,8,11,14-15H2,1-4H3/t18-,19+,22+/m0/s1. The van der Waals surface area contributed by atoms with Crippen LogP contribution in [0.4, 0.5) is 5.82 Å². The number of anilines is 1. The van der Waals surface area contributed by atoms with E-state index < -0.39 is 19.9 Å². The molecule has 3 aromatic rings. The molecule has 34 heavy (non-hydrogen) atoms. The first-order valence-electron chi connectivity index (χ1n) is 11.6. The maximum Gasteiger partial charge on any atom is 0.269 e. The summed E-state index contributed by atoms with van der Waals surface area (Å²) < 4.78 is 51.9. The summed E-state index contributed by atoms with van der Waals surface area (Å²) in [5, 5.41) is 0.670. The summed E-state index contributed by atoms with van der Waals surface area (Å²) in [5.74, 6) is 1.57. The van der Waals surface area contributed by atoms with E-state index in [9.17, 15) is 16.8 Å². The maximum absolute atomic E-state index is 13.3. The van der Waals surface area contributed by atoms with Crippen molar-refractivity contribution in [2.45, 2.75) is 51.0 Å². The highest BCUT2D eigenvalue weighted by Gasteiger charge is 2.33. The third-order valence-electron chi connectivity index (χ3n) is 7.00. The molecular weight excluding hydrogens is 472 g/mol. The van der Waals surface area contributed by atoms with Gasteiger partial charge in [-0.15, -0.1) is 0 Å². The molecule has 0 unspecified atom stereocenters. The second kappa shape index (κ2) is 9.30. The van der Waals surface area contributed by atoms with Gasteiger partial charge in [0.25, 0.3) is 10.0 Å². The van der Waals surface area contributed by atoms with Crippen LogP contribution in [0.2, 0.25) is 0 Å². The first-order chi connectivity index (χ1) is 16.0. The fourth-order valence-corrected chi connectivity index (χ4v) is 7.62. The van der Waals surface area contributed by atoms with Gasteiger partial charge < -0.3 is 4.90 Å². The maximum atomic E-state index is 13.3. The summed E-state index contributed by atoms with van der Waals surface area (Å²) in [6.45, 7) is 5.76. The van der Waals surface area contributed by atoms with Gasteiger partial charge in [-0.05, 0) is 56.2 Å². The van der Waals surface area contributed by atoms with Gasteiger partial charge in [0.15, 0.2) is 5.65 Å². The number of hydrogen-bond donors (Lipinski definition) is 0. The first kappa shape index (κ1) is 24.7. The normalized spacial score (nSPS) is 21.6. The highest BCUT2D eigenvalue weighted by atomic mass is 32.2. The van der Waals surface area contributed by atoms with E-state index in [4.69, 9.17) is 0 Å². The molecule has 0 spiro atoms. The average molecular weight is 505 g/mol. The molecule has 10 heteroatoms. The van der Waals surface area contributed by atoms with E-state index in [0.29, 0.717) is 16.9 Å². The molecular formula is C24H32N4O4S2. The van der Waals surface area contributed by atoms with Crippen LogP contribution >= 0.6 is 0 Å². The Morgan fingerprint density at radius 1 is 1.06 bits per heavy atom. The number of benzene rings is 1. The van der Waals surface area contributed by atoms with Crippen molar-refractivity contribution in [2.24, 2.45) is 11.8 Å². The van der Waals surface area contributed by atoms with Crippen LogP contribution in [0.3, 0.4) is 0 Å². The van der Waals surface area contributed by atoms with Gasteiger partial charge in [-0.2, -0.15) is 0 Å². The predicted octanol–water partition coefficient (Wildman–Crippen LogP) is 3.65. The fraction of sp³-hybridized carbons (Fsp3) is 0.500. The monoisotopic (exact) mass is 504 g/mol. The van der Waals surface area contributed by atoms with Gasteiger partial charge in [0.1, 0.15) is 22.0 Å². The number of nitrogens with zero attached hydrogens (tertiary/aromatic N) is 4. The van der Waals surface area contributed by atoms with Crippen molar-refractivity contribution in [1.82, 2.24) is 13.9 Å². The molecule has 0 N–H and O–H groups in total.